The van der Waals surface area contributed by atoms with Crippen LogP contribution in [0.15, 0.2) is 53.9 Å². The summed E-state index contributed by atoms with van der Waals surface area (Å²) in [5, 5.41) is 0.372. The van der Waals surface area contributed by atoms with Crippen LogP contribution in [-0.2, 0) is 10.0 Å². The molecular formula is C22H19F3N4O2S. The molecule has 4 aromatic rings. The van der Waals surface area contributed by atoms with Gasteiger partial charge < -0.3 is 9.97 Å². The fourth-order valence-electron chi connectivity index (χ4n) is 4.34. The number of nitrogens with zero attached hydrogens (tertiary/aromatic N) is 1. The van der Waals surface area contributed by atoms with Crippen molar-refractivity contribution in [2.24, 2.45) is 5.92 Å². The monoisotopic (exact) mass is 460 g/mol. The lowest BCUT2D eigenvalue weighted by Gasteiger charge is -2.36. The summed E-state index contributed by atoms with van der Waals surface area (Å²) in [7, 11) is -3.69. The van der Waals surface area contributed by atoms with E-state index in [1.54, 1.807) is 12.1 Å². The Labute approximate surface area is 181 Å². The van der Waals surface area contributed by atoms with Crippen LogP contribution in [0.2, 0.25) is 0 Å². The smallest absolute Gasteiger partial charge is 0.259 e. The van der Waals surface area contributed by atoms with E-state index in [1.165, 1.54) is 30.7 Å². The van der Waals surface area contributed by atoms with Crippen LogP contribution < -0.4 is 4.72 Å². The highest BCUT2D eigenvalue weighted by atomic mass is 32.2. The van der Waals surface area contributed by atoms with E-state index in [-0.39, 0.29) is 28.9 Å². The number of aromatic amines is 2. The molecule has 5 rings (SSSR count). The Balaban J connectivity index is 1.42. The summed E-state index contributed by atoms with van der Waals surface area (Å²) in [5.74, 6) is -1.72. The number of sulfonamides is 1. The van der Waals surface area contributed by atoms with Crippen molar-refractivity contribution in [3.8, 4) is 11.3 Å². The molecule has 166 valence electrons. The van der Waals surface area contributed by atoms with Crippen LogP contribution in [-0.4, -0.2) is 29.9 Å². The standard InChI is InChI=1S/C22H19F3N4O2S/c23-15-3-1-13(2-4-15)21-20(17-7-16(24)8-18(25)22(17)29-21)14-5-12(6-14)9-28-32(30,31)19-10-26-11-27-19/h1-4,7-8,10-12,14,28-29H,5-6,9H2,(H,26,27)/t12-,14-. The van der Waals surface area contributed by atoms with Crippen molar-refractivity contribution in [1.82, 2.24) is 19.7 Å². The van der Waals surface area contributed by atoms with Gasteiger partial charge in [-0.05, 0) is 66.1 Å². The minimum atomic E-state index is -3.69. The second-order valence-corrected chi connectivity index (χ2v) is 9.74. The number of rotatable bonds is 6. The lowest BCUT2D eigenvalue weighted by atomic mass is 9.70. The van der Waals surface area contributed by atoms with Gasteiger partial charge >= 0.3 is 0 Å². The number of aromatic nitrogens is 3. The van der Waals surface area contributed by atoms with Gasteiger partial charge in [0.2, 0.25) is 0 Å². The zero-order chi connectivity index (χ0) is 22.5. The summed E-state index contributed by atoms with van der Waals surface area (Å²) in [6.07, 6.45) is 3.88. The fourth-order valence-corrected chi connectivity index (χ4v) is 5.36. The summed E-state index contributed by atoms with van der Waals surface area (Å²) in [4.78, 5) is 9.42. The molecule has 0 aliphatic heterocycles. The highest BCUT2D eigenvalue weighted by Crippen LogP contribution is 2.48. The molecular weight excluding hydrogens is 441 g/mol. The molecule has 2 aromatic carbocycles. The number of imidazole rings is 1. The largest absolute Gasteiger partial charge is 0.352 e. The number of nitrogens with one attached hydrogen (secondary N) is 3. The van der Waals surface area contributed by atoms with Crippen LogP contribution in [0.1, 0.15) is 24.3 Å². The van der Waals surface area contributed by atoms with Crippen LogP contribution >= 0.6 is 0 Å². The van der Waals surface area contributed by atoms with Crippen LogP contribution in [0.25, 0.3) is 22.2 Å². The van der Waals surface area contributed by atoms with Gasteiger partial charge in [0, 0.05) is 24.2 Å². The van der Waals surface area contributed by atoms with Crippen molar-refractivity contribution in [2.75, 3.05) is 6.54 Å². The number of H-pyrrole nitrogens is 2. The highest BCUT2D eigenvalue weighted by Gasteiger charge is 2.35. The van der Waals surface area contributed by atoms with E-state index in [0.29, 0.717) is 29.5 Å². The number of benzene rings is 2. The summed E-state index contributed by atoms with van der Waals surface area (Å²) >= 11 is 0. The number of hydrogen-bond acceptors (Lipinski definition) is 3. The second-order valence-electron chi connectivity index (χ2n) is 8.02. The van der Waals surface area contributed by atoms with Gasteiger partial charge in [-0.15, -0.1) is 0 Å². The average Bonchev–Trinajstić information content (AvgIpc) is 3.37. The highest BCUT2D eigenvalue weighted by molar-refractivity contribution is 7.89. The SMILES string of the molecule is O=S(=O)(NC[C@H]1C[C@H](c2c(-c3ccc(F)cc3)[nH]c3c(F)cc(F)cc32)C1)c1c[nH]cn1. The maximum absolute atomic E-state index is 14.5. The summed E-state index contributed by atoms with van der Waals surface area (Å²) in [5.41, 5.74) is 2.24. The van der Waals surface area contributed by atoms with Crippen LogP contribution in [0.3, 0.4) is 0 Å². The van der Waals surface area contributed by atoms with Crippen molar-refractivity contribution in [3.63, 3.8) is 0 Å². The van der Waals surface area contributed by atoms with E-state index in [0.717, 1.165) is 11.6 Å². The summed E-state index contributed by atoms with van der Waals surface area (Å²) in [6.45, 7) is 0.239. The third-order valence-electron chi connectivity index (χ3n) is 5.95. The molecule has 2 aromatic heterocycles. The predicted molar refractivity (Wildman–Crippen MR) is 113 cm³/mol. The van der Waals surface area contributed by atoms with Crippen molar-refractivity contribution in [2.45, 2.75) is 23.8 Å². The van der Waals surface area contributed by atoms with Gasteiger partial charge in [-0.25, -0.2) is 31.3 Å². The number of halogens is 3. The Kier molecular flexibility index (Phi) is 5.06. The van der Waals surface area contributed by atoms with Crippen LogP contribution in [0.4, 0.5) is 13.2 Å². The van der Waals surface area contributed by atoms with E-state index in [4.69, 9.17) is 0 Å². The first-order valence-electron chi connectivity index (χ1n) is 10.1. The van der Waals surface area contributed by atoms with Gasteiger partial charge in [0.05, 0.1) is 17.5 Å². The Morgan fingerprint density at radius 1 is 1.06 bits per heavy atom. The van der Waals surface area contributed by atoms with Gasteiger partial charge in [-0.1, -0.05) is 0 Å². The Bertz CT molecular complexity index is 1380. The van der Waals surface area contributed by atoms with Gasteiger partial charge in [0.15, 0.2) is 5.03 Å². The summed E-state index contributed by atoms with van der Waals surface area (Å²) in [6, 6.07) is 7.93. The first-order chi connectivity index (χ1) is 15.3. The third-order valence-corrected chi connectivity index (χ3v) is 7.27. The van der Waals surface area contributed by atoms with Crippen LogP contribution in [0, 0.1) is 23.4 Å². The normalized spacial score (nSPS) is 18.7. The molecule has 0 unspecified atom stereocenters. The molecule has 1 aliphatic rings. The molecule has 3 N–H and O–H groups in total. The lowest BCUT2D eigenvalue weighted by molar-refractivity contribution is 0.267. The maximum Gasteiger partial charge on any atom is 0.259 e. The second kappa shape index (κ2) is 7.79. The average molecular weight is 460 g/mol. The molecule has 0 bridgehead atoms. The Hall–Kier alpha value is -3.11. The molecule has 1 aliphatic carbocycles. The molecule has 0 radical (unpaired) electrons. The quantitative estimate of drug-likeness (QED) is 0.397. The van der Waals surface area contributed by atoms with Crippen molar-refractivity contribution in [3.05, 3.63) is 71.9 Å². The molecule has 32 heavy (non-hydrogen) atoms. The van der Waals surface area contributed by atoms with E-state index in [2.05, 4.69) is 19.7 Å². The van der Waals surface area contributed by atoms with Crippen molar-refractivity contribution >= 4 is 20.9 Å². The van der Waals surface area contributed by atoms with Gasteiger partial charge in [-0.3, -0.25) is 0 Å². The first-order valence-corrected chi connectivity index (χ1v) is 11.5. The zero-order valence-electron chi connectivity index (χ0n) is 16.7. The van der Waals surface area contributed by atoms with E-state index >= 15 is 0 Å². The van der Waals surface area contributed by atoms with Crippen molar-refractivity contribution in [1.29, 1.82) is 0 Å². The minimum Gasteiger partial charge on any atom is -0.352 e. The Morgan fingerprint density at radius 3 is 2.50 bits per heavy atom. The molecule has 2 heterocycles. The third kappa shape index (κ3) is 3.69. The van der Waals surface area contributed by atoms with E-state index < -0.39 is 27.5 Å². The molecule has 0 atom stereocenters. The lowest BCUT2D eigenvalue weighted by Crippen LogP contribution is -2.35. The van der Waals surface area contributed by atoms with E-state index in [9.17, 15) is 21.6 Å². The van der Waals surface area contributed by atoms with Crippen LogP contribution in [0.5, 0.6) is 0 Å². The molecule has 0 amide bonds. The van der Waals surface area contributed by atoms with Gasteiger partial charge in [0.25, 0.3) is 10.0 Å². The molecule has 0 spiro atoms. The predicted octanol–water partition coefficient (Wildman–Crippen LogP) is 4.45. The molecule has 6 nitrogen and oxygen atoms in total. The van der Waals surface area contributed by atoms with Gasteiger partial charge in [0.1, 0.15) is 17.5 Å². The fraction of sp³-hybridized carbons (Fsp3) is 0.227. The van der Waals surface area contributed by atoms with Crippen molar-refractivity contribution < 1.29 is 21.6 Å². The minimum absolute atomic E-state index is 0.0232. The number of fused-ring (bicyclic) bond motifs is 1. The zero-order valence-corrected chi connectivity index (χ0v) is 17.5. The number of hydrogen-bond donors (Lipinski definition) is 3. The molecule has 10 heteroatoms. The van der Waals surface area contributed by atoms with E-state index in [1.807, 2.05) is 0 Å². The van der Waals surface area contributed by atoms with Gasteiger partial charge in [-0.2, -0.15) is 0 Å². The summed E-state index contributed by atoms with van der Waals surface area (Å²) < 4.78 is 68.9. The molecule has 1 fully saturated rings. The topological polar surface area (TPSA) is 90.6 Å². The molecule has 0 saturated heterocycles. The first kappa shape index (κ1) is 20.8. The molecule has 1 saturated carbocycles. The maximum atomic E-state index is 14.5. The Morgan fingerprint density at radius 2 is 1.81 bits per heavy atom.